The van der Waals surface area contributed by atoms with Crippen molar-refractivity contribution >= 4 is 18.2 Å². The number of hydrogen-bond acceptors (Lipinski definition) is 4. The quantitative estimate of drug-likeness (QED) is 0.839. The van der Waals surface area contributed by atoms with Crippen LogP contribution in [0.3, 0.4) is 0 Å². The van der Waals surface area contributed by atoms with Crippen molar-refractivity contribution in [3.05, 3.63) is 54.2 Å². The molecule has 0 radical (unpaired) electrons. The van der Waals surface area contributed by atoms with Crippen LogP contribution in [0.4, 0.5) is 10.6 Å². The van der Waals surface area contributed by atoms with Crippen LogP contribution in [0.25, 0.3) is 0 Å². The highest BCUT2D eigenvalue weighted by molar-refractivity contribution is 5.85. The Hall–Kier alpha value is -2.69. The highest BCUT2D eigenvalue weighted by Gasteiger charge is 2.05. The molecule has 0 aliphatic rings. The standard InChI is InChI=1S/C13H10N2O3/c16-9-10-6-7-12(14-8-10)15-13(17)18-11-4-2-1-3-5-11/h1-9H,(H,14,15,17). The fraction of sp³-hybridized carbons (Fsp3) is 0. The molecule has 5 heteroatoms. The maximum Gasteiger partial charge on any atom is 0.418 e. The second-order valence-corrected chi connectivity index (χ2v) is 3.42. The van der Waals surface area contributed by atoms with Crippen molar-refractivity contribution in [2.45, 2.75) is 0 Å². The van der Waals surface area contributed by atoms with Gasteiger partial charge < -0.3 is 4.74 Å². The van der Waals surface area contributed by atoms with Crippen LogP contribution in [-0.2, 0) is 0 Å². The lowest BCUT2D eigenvalue weighted by atomic mass is 10.3. The first-order chi connectivity index (χ1) is 8.78. The summed E-state index contributed by atoms with van der Waals surface area (Å²) >= 11 is 0. The van der Waals surface area contributed by atoms with Crippen LogP contribution in [0, 0.1) is 0 Å². The minimum atomic E-state index is -0.632. The third-order valence-electron chi connectivity index (χ3n) is 2.11. The lowest BCUT2D eigenvalue weighted by molar-refractivity contribution is 0.112. The maximum atomic E-state index is 11.5. The van der Waals surface area contributed by atoms with Gasteiger partial charge in [0.2, 0.25) is 0 Å². The molecule has 1 N–H and O–H groups in total. The molecule has 2 rings (SSSR count). The monoisotopic (exact) mass is 242 g/mol. The van der Waals surface area contributed by atoms with E-state index in [0.29, 0.717) is 23.4 Å². The minimum Gasteiger partial charge on any atom is -0.410 e. The maximum absolute atomic E-state index is 11.5. The number of amides is 1. The number of nitrogens with zero attached hydrogens (tertiary/aromatic N) is 1. The van der Waals surface area contributed by atoms with Gasteiger partial charge in [0.05, 0.1) is 0 Å². The van der Waals surface area contributed by atoms with Crippen molar-refractivity contribution in [1.82, 2.24) is 4.98 Å². The van der Waals surface area contributed by atoms with Gasteiger partial charge in [0.25, 0.3) is 0 Å². The molecule has 1 heterocycles. The number of rotatable bonds is 3. The van der Waals surface area contributed by atoms with Crippen LogP contribution in [0.5, 0.6) is 5.75 Å². The molecule has 1 aromatic heterocycles. The molecule has 0 atom stereocenters. The molecule has 0 spiro atoms. The molecule has 0 aliphatic heterocycles. The van der Waals surface area contributed by atoms with E-state index in [2.05, 4.69) is 10.3 Å². The number of nitrogens with one attached hydrogen (secondary N) is 1. The Morgan fingerprint density at radius 3 is 2.56 bits per heavy atom. The van der Waals surface area contributed by atoms with E-state index in [-0.39, 0.29) is 0 Å². The zero-order valence-corrected chi connectivity index (χ0v) is 9.37. The SMILES string of the molecule is O=Cc1ccc(NC(=O)Oc2ccccc2)nc1. The number of benzene rings is 1. The number of para-hydroxylation sites is 1. The summed E-state index contributed by atoms with van der Waals surface area (Å²) in [5, 5.41) is 2.45. The second kappa shape index (κ2) is 5.58. The number of hydrogen-bond donors (Lipinski definition) is 1. The molecular formula is C13H10N2O3. The van der Waals surface area contributed by atoms with E-state index in [0.717, 1.165) is 0 Å². The van der Waals surface area contributed by atoms with Gasteiger partial charge in [-0.05, 0) is 24.3 Å². The van der Waals surface area contributed by atoms with Gasteiger partial charge in [0.15, 0.2) is 6.29 Å². The van der Waals surface area contributed by atoms with E-state index in [4.69, 9.17) is 4.74 Å². The summed E-state index contributed by atoms with van der Waals surface area (Å²) in [5.41, 5.74) is 0.442. The van der Waals surface area contributed by atoms with E-state index in [1.807, 2.05) is 6.07 Å². The lowest BCUT2D eigenvalue weighted by Crippen LogP contribution is -2.17. The predicted molar refractivity (Wildman–Crippen MR) is 65.7 cm³/mol. The van der Waals surface area contributed by atoms with Crippen molar-refractivity contribution in [3.63, 3.8) is 0 Å². The number of ether oxygens (including phenoxy) is 1. The first-order valence-corrected chi connectivity index (χ1v) is 5.23. The number of aldehydes is 1. The zero-order chi connectivity index (χ0) is 12.8. The number of carbonyl (C=O) groups is 2. The Labute approximate surface area is 103 Å². The van der Waals surface area contributed by atoms with E-state index in [9.17, 15) is 9.59 Å². The number of anilines is 1. The third-order valence-corrected chi connectivity index (χ3v) is 2.11. The molecule has 18 heavy (non-hydrogen) atoms. The predicted octanol–water partition coefficient (Wildman–Crippen LogP) is 2.50. The Morgan fingerprint density at radius 2 is 1.94 bits per heavy atom. The minimum absolute atomic E-state index is 0.321. The highest BCUT2D eigenvalue weighted by Crippen LogP contribution is 2.10. The second-order valence-electron chi connectivity index (χ2n) is 3.42. The first kappa shape index (κ1) is 11.8. The molecule has 0 saturated carbocycles. The van der Waals surface area contributed by atoms with Gasteiger partial charge in [0, 0.05) is 11.8 Å². The Bertz CT molecular complexity index is 538. The average molecular weight is 242 g/mol. The van der Waals surface area contributed by atoms with Crippen molar-refractivity contribution < 1.29 is 14.3 Å². The topological polar surface area (TPSA) is 68.3 Å². The Kier molecular flexibility index (Phi) is 3.66. The molecular weight excluding hydrogens is 232 g/mol. The zero-order valence-electron chi connectivity index (χ0n) is 9.37. The van der Waals surface area contributed by atoms with Gasteiger partial charge in [-0.3, -0.25) is 10.1 Å². The van der Waals surface area contributed by atoms with Crippen LogP contribution in [0.2, 0.25) is 0 Å². The molecule has 0 fully saturated rings. The van der Waals surface area contributed by atoms with E-state index in [1.54, 1.807) is 30.3 Å². The van der Waals surface area contributed by atoms with Crippen LogP contribution >= 0.6 is 0 Å². The molecule has 5 nitrogen and oxygen atoms in total. The first-order valence-electron chi connectivity index (χ1n) is 5.23. The molecule has 1 amide bonds. The fourth-order valence-electron chi connectivity index (χ4n) is 1.27. The Balaban J connectivity index is 1.96. The summed E-state index contributed by atoms with van der Waals surface area (Å²) in [6.45, 7) is 0. The van der Waals surface area contributed by atoms with E-state index >= 15 is 0 Å². The molecule has 1 aromatic carbocycles. The molecule has 0 unspecified atom stereocenters. The summed E-state index contributed by atoms with van der Waals surface area (Å²) in [6.07, 6.45) is 1.41. The van der Waals surface area contributed by atoms with Gasteiger partial charge in [-0.25, -0.2) is 9.78 Å². The number of carbonyl (C=O) groups excluding carboxylic acids is 2. The van der Waals surface area contributed by atoms with Crippen molar-refractivity contribution in [2.24, 2.45) is 0 Å². The normalized spacial score (nSPS) is 9.56. The van der Waals surface area contributed by atoms with Gasteiger partial charge in [-0.2, -0.15) is 0 Å². The third kappa shape index (κ3) is 3.15. The summed E-state index contributed by atoms with van der Waals surface area (Å²) in [6, 6.07) is 11.8. The Morgan fingerprint density at radius 1 is 1.17 bits per heavy atom. The summed E-state index contributed by atoms with van der Waals surface area (Å²) in [4.78, 5) is 25.8. The van der Waals surface area contributed by atoms with Gasteiger partial charge in [-0.15, -0.1) is 0 Å². The van der Waals surface area contributed by atoms with Crippen molar-refractivity contribution in [1.29, 1.82) is 0 Å². The molecule has 90 valence electrons. The van der Waals surface area contributed by atoms with Gasteiger partial charge in [0.1, 0.15) is 11.6 Å². The molecule has 0 saturated heterocycles. The molecule has 0 bridgehead atoms. The van der Waals surface area contributed by atoms with Gasteiger partial charge >= 0.3 is 6.09 Å². The van der Waals surface area contributed by atoms with Crippen LogP contribution in [-0.4, -0.2) is 17.4 Å². The van der Waals surface area contributed by atoms with E-state index < -0.39 is 6.09 Å². The van der Waals surface area contributed by atoms with Crippen LogP contribution in [0.1, 0.15) is 10.4 Å². The van der Waals surface area contributed by atoms with Crippen LogP contribution in [0.15, 0.2) is 48.7 Å². The lowest BCUT2D eigenvalue weighted by Gasteiger charge is -2.05. The fourth-order valence-corrected chi connectivity index (χ4v) is 1.27. The largest absolute Gasteiger partial charge is 0.418 e. The summed E-state index contributed by atoms with van der Waals surface area (Å²) in [5.74, 6) is 0.765. The van der Waals surface area contributed by atoms with Crippen molar-refractivity contribution in [2.75, 3.05) is 5.32 Å². The average Bonchev–Trinajstić information content (AvgIpc) is 2.40. The van der Waals surface area contributed by atoms with Gasteiger partial charge in [-0.1, -0.05) is 18.2 Å². The number of pyridine rings is 1. The smallest absolute Gasteiger partial charge is 0.410 e. The van der Waals surface area contributed by atoms with Crippen LogP contribution < -0.4 is 10.1 Å². The molecule has 0 aliphatic carbocycles. The van der Waals surface area contributed by atoms with E-state index in [1.165, 1.54) is 12.3 Å². The van der Waals surface area contributed by atoms with Crippen molar-refractivity contribution in [3.8, 4) is 5.75 Å². The highest BCUT2D eigenvalue weighted by atomic mass is 16.6. The summed E-state index contributed by atoms with van der Waals surface area (Å²) in [7, 11) is 0. The number of aromatic nitrogens is 1. The summed E-state index contributed by atoms with van der Waals surface area (Å²) < 4.78 is 5.02. The molecule has 2 aromatic rings.